The van der Waals surface area contributed by atoms with E-state index >= 15 is 0 Å². The van der Waals surface area contributed by atoms with E-state index in [9.17, 15) is 4.79 Å². The lowest BCUT2D eigenvalue weighted by Crippen LogP contribution is -2.22. The van der Waals surface area contributed by atoms with Gasteiger partial charge in [-0.15, -0.1) is 0 Å². The molecule has 8 nitrogen and oxygen atoms in total. The highest BCUT2D eigenvalue weighted by molar-refractivity contribution is 5.86. The van der Waals surface area contributed by atoms with Gasteiger partial charge in [-0.3, -0.25) is 0 Å². The van der Waals surface area contributed by atoms with Gasteiger partial charge < -0.3 is 34.2 Å². The third-order valence-corrected chi connectivity index (χ3v) is 4.28. The monoisotopic (exact) mass is 409 g/mol. The van der Waals surface area contributed by atoms with Crippen LogP contribution in [0, 0.1) is 0 Å². The summed E-state index contributed by atoms with van der Waals surface area (Å²) in [7, 11) is 1.57. The molecule has 1 aromatic carbocycles. The van der Waals surface area contributed by atoms with Crippen LogP contribution in [0.4, 0.5) is 5.69 Å². The molecule has 1 aliphatic heterocycles. The van der Waals surface area contributed by atoms with Crippen molar-refractivity contribution in [3.05, 3.63) is 29.8 Å². The van der Waals surface area contributed by atoms with Crippen LogP contribution in [0.3, 0.4) is 0 Å². The Morgan fingerprint density at radius 3 is 2.69 bits per heavy atom. The van der Waals surface area contributed by atoms with Gasteiger partial charge in [0.15, 0.2) is 17.8 Å². The zero-order valence-corrected chi connectivity index (χ0v) is 17.2. The van der Waals surface area contributed by atoms with E-state index in [1.807, 2.05) is 6.07 Å². The normalized spacial score (nSPS) is 16.3. The number of rotatable bonds is 12. The van der Waals surface area contributed by atoms with Crippen LogP contribution in [0.15, 0.2) is 24.3 Å². The average Bonchev–Trinajstić information content (AvgIpc) is 2.72. The largest absolute Gasteiger partial charge is 0.493 e. The van der Waals surface area contributed by atoms with Crippen molar-refractivity contribution in [2.75, 3.05) is 45.9 Å². The number of anilines is 1. The number of carbonyl (C=O) groups is 1. The van der Waals surface area contributed by atoms with Crippen molar-refractivity contribution in [3.63, 3.8) is 0 Å². The van der Waals surface area contributed by atoms with Gasteiger partial charge in [0.1, 0.15) is 13.2 Å². The van der Waals surface area contributed by atoms with E-state index in [1.165, 1.54) is 0 Å². The van der Waals surface area contributed by atoms with Gasteiger partial charge in [-0.25, -0.2) is 4.79 Å². The second-order valence-corrected chi connectivity index (χ2v) is 6.69. The molecule has 2 N–H and O–H groups in total. The number of carbonyl (C=O) groups excluding carboxylic acids is 1. The first kappa shape index (κ1) is 23.0. The zero-order chi connectivity index (χ0) is 21.1. The second kappa shape index (κ2) is 12.3. The number of nitrogens with two attached hydrogens (primary N) is 1. The molecule has 2 rings (SSSR count). The predicted molar refractivity (Wildman–Crippen MR) is 108 cm³/mol. The van der Waals surface area contributed by atoms with Crippen LogP contribution >= 0.6 is 0 Å². The first-order chi connectivity index (χ1) is 14.0. The van der Waals surface area contributed by atoms with Crippen LogP contribution in [-0.2, 0) is 30.3 Å². The summed E-state index contributed by atoms with van der Waals surface area (Å²) < 4.78 is 32.8. The van der Waals surface area contributed by atoms with Gasteiger partial charge in [0.25, 0.3) is 0 Å². The summed E-state index contributed by atoms with van der Waals surface area (Å²) in [5.41, 5.74) is 7.88. The smallest absolute Gasteiger partial charge is 0.333 e. The molecule has 1 saturated heterocycles. The summed E-state index contributed by atoms with van der Waals surface area (Å²) in [6.45, 7) is 7.26. The van der Waals surface area contributed by atoms with Crippen molar-refractivity contribution in [3.8, 4) is 11.5 Å². The second-order valence-electron chi connectivity index (χ2n) is 6.69. The summed E-state index contributed by atoms with van der Waals surface area (Å²) in [5, 5.41) is 0. The number of esters is 1. The number of hydrogen-bond acceptors (Lipinski definition) is 8. The lowest BCUT2D eigenvalue weighted by Gasteiger charge is -2.23. The lowest BCUT2D eigenvalue weighted by molar-refractivity contribution is -0.168. The van der Waals surface area contributed by atoms with Crippen LogP contribution in [0.1, 0.15) is 31.7 Å². The lowest BCUT2D eigenvalue weighted by atomic mass is 10.1. The van der Waals surface area contributed by atoms with E-state index in [0.717, 1.165) is 31.4 Å². The minimum atomic E-state index is -0.427. The van der Waals surface area contributed by atoms with E-state index < -0.39 is 5.97 Å². The Bertz CT molecular complexity index is 671. The molecule has 0 aromatic heterocycles. The predicted octanol–water partition coefficient (Wildman–Crippen LogP) is 2.84. The van der Waals surface area contributed by atoms with Gasteiger partial charge in [-0.2, -0.15) is 0 Å². The molecular formula is C21H31NO7. The van der Waals surface area contributed by atoms with Gasteiger partial charge in [-0.05, 0) is 32.3 Å². The molecule has 0 radical (unpaired) electrons. The molecule has 1 atom stereocenters. The molecule has 0 saturated carbocycles. The van der Waals surface area contributed by atoms with E-state index in [2.05, 4.69) is 6.58 Å². The molecule has 1 unspecified atom stereocenters. The molecule has 0 spiro atoms. The topological polar surface area (TPSA) is 98.5 Å². The highest BCUT2D eigenvalue weighted by Gasteiger charge is 2.16. The van der Waals surface area contributed by atoms with Gasteiger partial charge in [0, 0.05) is 29.5 Å². The standard InChI is InChI=1S/C21H31NO7/c1-15(2)21(23)28-11-9-25-8-10-26-19-13-17(22)16(12-18(19)24-3)14-29-20-6-4-5-7-27-20/h12-13,20H,1,4-11,14,22H2,2-3H3. The maximum absolute atomic E-state index is 11.2. The maximum atomic E-state index is 11.2. The van der Waals surface area contributed by atoms with Crippen molar-refractivity contribution >= 4 is 11.7 Å². The molecule has 29 heavy (non-hydrogen) atoms. The summed E-state index contributed by atoms with van der Waals surface area (Å²) in [4.78, 5) is 11.2. The van der Waals surface area contributed by atoms with Crippen LogP contribution < -0.4 is 15.2 Å². The number of methoxy groups -OCH3 is 1. The zero-order valence-electron chi connectivity index (χ0n) is 17.2. The van der Waals surface area contributed by atoms with Gasteiger partial charge >= 0.3 is 5.97 Å². The van der Waals surface area contributed by atoms with Gasteiger partial charge in [0.05, 0.1) is 26.9 Å². The summed E-state index contributed by atoms with van der Waals surface area (Å²) in [6, 6.07) is 3.53. The fourth-order valence-corrected chi connectivity index (χ4v) is 2.67. The number of benzene rings is 1. The number of hydrogen-bond donors (Lipinski definition) is 1. The highest BCUT2D eigenvalue weighted by atomic mass is 16.7. The summed E-state index contributed by atoms with van der Waals surface area (Å²) in [5.74, 6) is 0.668. The molecule has 0 aliphatic carbocycles. The number of nitrogen functional groups attached to an aromatic ring is 1. The average molecular weight is 409 g/mol. The molecular weight excluding hydrogens is 378 g/mol. The Hall–Kier alpha value is -2.29. The molecule has 1 aliphatic rings. The minimum absolute atomic E-state index is 0.168. The van der Waals surface area contributed by atoms with Crippen molar-refractivity contribution in [1.82, 2.24) is 0 Å². The summed E-state index contributed by atoms with van der Waals surface area (Å²) in [6.07, 6.45) is 2.89. The quantitative estimate of drug-likeness (QED) is 0.244. The van der Waals surface area contributed by atoms with Crippen LogP contribution in [0.2, 0.25) is 0 Å². The Balaban J connectivity index is 1.74. The Kier molecular flexibility index (Phi) is 9.76. The van der Waals surface area contributed by atoms with Gasteiger partial charge in [-0.1, -0.05) is 6.58 Å². The molecule has 8 heteroatoms. The first-order valence-electron chi connectivity index (χ1n) is 9.74. The Labute approximate surface area is 171 Å². The van der Waals surface area contributed by atoms with E-state index in [0.29, 0.717) is 42.6 Å². The highest BCUT2D eigenvalue weighted by Crippen LogP contribution is 2.33. The van der Waals surface area contributed by atoms with Crippen LogP contribution in [0.25, 0.3) is 0 Å². The van der Waals surface area contributed by atoms with Crippen LogP contribution in [-0.4, -0.2) is 52.4 Å². The minimum Gasteiger partial charge on any atom is -0.493 e. The van der Waals surface area contributed by atoms with E-state index in [4.69, 9.17) is 34.2 Å². The van der Waals surface area contributed by atoms with Crippen LogP contribution in [0.5, 0.6) is 11.5 Å². The molecule has 0 amide bonds. The molecule has 0 bridgehead atoms. The van der Waals surface area contributed by atoms with E-state index in [1.54, 1.807) is 20.1 Å². The van der Waals surface area contributed by atoms with Crippen molar-refractivity contribution < 1.29 is 33.2 Å². The fourth-order valence-electron chi connectivity index (χ4n) is 2.67. The fraction of sp³-hybridized carbons (Fsp3) is 0.571. The molecule has 1 aromatic rings. The SMILES string of the molecule is C=C(C)C(=O)OCCOCCOc1cc(N)c(COC2CCCCO2)cc1OC. The molecule has 1 fully saturated rings. The van der Waals surface area contributed by atoms with Gasteiger partial charge in [0.2, 0.25) is 0 Å². The molecule has 1 heterocycles. The van der Waals surface area contributed by atoms with Crippen molar-refractivity contribution in [2.45, 2.75) is 39.1 Å². The van der Waals surface area contributed by atoms with E-state index in [-0.39, 0.29) is 19.5 Å². The maximum Gasteiger partial charge on any atom is 0.333 e. The number of ether oxygens (including phenoxy) is 6. The third kappa shape index (κ3) is 7.92. The first-order valence-corrected chi connectivity index (χ1v) is 9.74. The third-order valence-electron chi connectivity index (χ3n) is 4.28. The Morgan fingerprint density at radius 2 is 2.00 bits per heavy atom. The van der Waals surface area contributed by atoms with Crippen molar-refractivity contribution in [1.29, 1.82) is 0 Å². The van der Waals surface area contributed by atoms with Crippen molar-refractivity contribution in [2.24, 2.45) is 0 Å². The Morgan fingerprint density at radius 1 is 1.21 bits per heavy atom. The molecule has 162 valence electrons. The summed E-state index contributed by atoms with van der Waals surface area (Å²) >= 11 is 0.